The summed E-state index contributed by atoms with van der Waals surface area (Å²) in [6.07, 6.45) is 0. The van der Waals surface area contributed by atoms with E-state index in [2.05, 4.69) is 0 Å². The summed E-state index contributed by atoms with van der Waals surface area (Å²) in [6.45, 7) is 0. The first-order valence-electron chi connectivity index (χ1n) is 0.756. The zero-order valence-corrected chi connectivity index (χ0v) is 5.57. The summed E-state index contributed by atoms with van der Waals surface area (Å²) in [4.78, 5) is 0. The summed E-state index contributed by atoms with van der Waals surface area (Å²) in [6, 6.07) is 0. The first kappa shape index (κ1) is 15.7. The van der Waals surface area contributed by atoms with Gasteiger partial charge in [-0.1, -0.05) is 0 Å². The molecule has 0 heterocycles. The molecule has 0 spiro atoms. The molecule has 0 bridgehead atoms. The Morgan fingerprint density at radius 2 is 0.714 bits per heavy atom. The molecule has 2 nitrogen and oxygen atoms in total. The van der Waals surface area contributed by atoms with Crippen molar-refractivity contribution in [2.75, 3.05) is 0 Å². The number of quaternary nitrogens is 2. The molecule has 0 aromatic carbocycles. The average Bonchev–Trinajstić information content (AvgIpc) is 0.722. The van der Waals surface area contributed by atoms with E-state index in [1.165, 1.54) is 0 Å². The van der Waals surface area contributed by atoms with E-state index in [-0.39, 0.29) is 12.3 Å². The summed E-state index contributed by atoms with van der Waals surface area (Å²) in [5, 5.41) is 0. The van der Waals surface area contributed by atoms with Gasteiger partial charge in [0.15, 0.2) is 0 Å². The molecule has 0 radical (unpaired) electrons. The van der Waals surface area contributed by atoms with Gasteiger partial charge in [0.1, 0.15) is 0 Å². The summed E-state index contributed by atoms with van der Waals surface area (Å²) in [5.74, 6) is 0. The van der Waals surface area contributed by atoms with Crippen LogP contribution in [-0.2, 0) is 18.7 Å². The Bertz CT molecular complexity index is 25.2. The van der Waals surface area contributed by atoms with Crippen molar-refractivity contribution in [1.29, 1.82) is 0 Å². The van der Waals surface area contributed by atoms with Crippen molar-refractivity contribution < 1.29 is 31.1 Å². The van der Waals surface area contributed by atoms with Crippen molar-refractivity contribution in [2.45, 2.75) is 0 Å². The van der Waals surface area contributed by atoms with Gasteiger partial charge in [-0.2, -0.15) is 0 Å². The molecule has 7 heavy (non-hydrogen) atoms. The molecule has 0 unspecified atom stereocenters. The second-order valence-electron chi connectivity index (χ2n) is 0.429. The maximum atomic E-state index is 9.88. The number of hydrogen-bond donors (Lipinski definition) is 2. The molecule has 8 N–H and O–H groups in total. The Balaban J connectivity index is -0.0000000800. The average molecular weight is 160 g/mol. The third kappa shape index (κ3) is 960. The van der Waals surface area contributed by atoms with Crippen molar-refractivity contribution >= 4 is 0 Å². The summed E-state index contributed by atoms with van der Waals surface area (Å²) < 4.78 is 39.5. The zero-order chi connectivity index (χ0) is 4.50. The smallest absolute Gasteiger partial charge is 0.369 e. The molecular weight excluding hydrogens is 152 g/mol. The minimum atomic E-state index is -7.00. The fourth-order valence-corrected chi connectivity index (χ4v) is 0. The Labute approximate surface area is 44.1 Å². The Kier molecular flexibility index (Phi) is 10.1. The quantitative estimate of drug-likeness (QED) is 0.403. The fraction of sp³-hybridized carbons (Fsp3) is 0. The Morgan fingerprint density at radius 1 is 0.714 bits per heavy atom. The van der Waals surface area contributed by atoms with Gasteiger partial charge in [0.05, 0.1) is 0 Å². The van der Waals surface area contributed by atoms with Gasteiger partial charge in [-0.15, -0.1) is 0 Å². The van der Waals surface area contributed by atoms with Gasteiger partial charge in [0.2, 0.25) is 0 Å². The van der Waals surface area contributed by atoms with Crippen LogP contribution in [0.25, 0.3) is 0 Å². The van der Waals surface area contributed by atoms with E-state index in [0.29, 0.717) is 0 Å². The monoisotopic (exact) mass is 160 g/mol. The minimum Gasteiger partial charge on any atom is -0.369 e. The van der Waals surface area contributed by atoms with E-state index in [1.807, 2.05) is 0 Å². The van der Waals surface area contributed by atoms with Gasteiger partial charge in [-0.3, -0.25) is 0 Å². The van der Waals surface area contributed by atoms with Crippen LogP contribution in [0, 0.1) is 0 Å². The first-order valence-corrected chi connectivity index (χ1v) is 3.12. The maximum absolute atomic E-state index is 9.88. The standard InChI is InChI=1S/4FH.2H3N.Ti/h4*1H;2*1H3;/q;;;;;;+2/p-2. The van der Waals surface area contributed by atoms with Crippen LogP contribution in [0.3, 0.4) is 0 Å². The zero-order valence-electron chi connectivity index (χ0n) is 4.01. The minimum absolute atomic E-state index is 0. The molecule has 0 aliphatic carbocycles. The second-order valence-corrected chi connectivity index (χ2v) is 1.77. The van der Waals surface area contributed by atoms with Crippen LogP contribution in [0.2, 0.25) is 0 Å². The van der Waals surface area contributed by atoms with Crippen molar-refractivity contribution in [3.63, 3.8) is 0 Å². The SMILES string of the molecule is [F][Ti-2]([F])([F])[F].[NH4+].[NH4+]. The van der Waals surface area contributed by atoms with Crippen molar-refractivity contribution in [2.24, 2.45) is 0 Å². The Hall–Kier alpha value is 0.354. The van der Waals surface area contributed by atoms with Crippen molar-refractivity contribution in [1.82, 2.24) is 12.3 Å². The number of halogens is 4. The molecule has 7 heteroatoms. The first-order chi connectivity index (χ1) is 2.00. The third-order valence-electron chi connectivity index (χ3n) is 0. The van der Waals surface area contributed by atoms with Crippen LogP contribution < -0.4 is 12.3 Å². The largest absolute Gasteiger partial charge is 0.369 e. The number of hydrogen-bond acceptors (Lipinski definition) is 0. The van der Waals surface area contributed by atoms with Gasteiger partial charge < -0.3 is 12.3 Å². The van der Waals surface area contributed by atoms with Crippen LogP contribution in [0.15, 0.2) is 0 Å². The molecule has 0 aliphatic heterocycles. The Morgan fingerprint density at radius 3 is 0.714 bits per heavy atom. The molecule has 0 atom stereocenters. The topological polar surface area (TPSA) is 73.0 Å². The molecule has 0 aliphatic rings. The van der Waals surface area contributed by atoms with E-state index < -0.39 is 18.7 Å². The van der Waals surface area contributed by atoms with E-state index in [1.54, 1.807) is 0 Å². The second kappa shape index (κ2) is 4.51. The van der Waals surface area contributed by atoms with Gasteiger partial charge in [0, 0.05) is 0 Å². The molecule has 0 amide bonds. The van der Waals surface area contributed by atoms with E-state index in [0.717, 1.165) is 0 Å². The van der Waals surface area contributed by atoms with Crippen LogP contribution in [0.1, 0.15) is 0 Å². The van der Waals surface area contributed by atoms with Gasteiger partial charge in [-0.25, -0.2) is 0 Å². The molecule has 0 aromatic rings. The predicted octanol–water partition coefficient (Wildman–Crippen LogP) is 2.43. The summed E-state index contributed by atoms with van der Waals surface area (Å²) >= 11 is -7.00. The van der Waals surface area contributed by atoms with Crippen LogP contribution in [0.5, 0.6) is 0 Å². The molecule has 0 rings (SSSR count). The van der Waals surface area contributed by atoms with Crippen LogP contribution in [0.4, 0.5) is 12.4 Å². The van der Waals surface area contributed by atoms with Crippen LogP contribution in [-0.4, -0.2) is 0 Å². The summed E-state index contributed by atoms with van der Waals surface area (Å²) in [7, 11) is 0. The van der Waals surface area contributed by atoms with Gasteiger partial charge in [-0.05, 0) is 0 Å². The fourth-order valence-electron chi connectivity index (χ4n) is 0. The number of rotatable bonds is 0. The van der Waals surface area contributed by atoms with Gasteiger partial charge >= 0.3 is 31.1 Å². The summed E-state index contributed by atoms with van der Waals surface area (Å²) in [5.41, 5.74) is 0. The predicted molar refractivity (Wildman–Crippen MR) is 16.4 cm³/mol. The van der Waals surface area contributed by atoms with E-state index in [9.17, 15) is 12.4 Å². The molecule has 0 aromatic heterocycles. The van der Waals surface area contributed by atoms with E-state index >= 15 is 0 Å². The van der Waals surface area contributed by atoms with Crippen LogP contribution >= 0.6 is 0 Å². The van der Waals surface area contributed by atoms with E-state index in [4.69, 9.17) is 0 Å². The maximum Gasteiger partial charge on any atom is -0.369 e. The third-order valence-corrected chi connectivity index (χ3v) is 0. The normalized spacial score (nSPS) is 10.9. The van der Waals surface area contributed by atoms with Crippen molar-refractivity contribution in [3.05, 3.63) is 0 Å². The molecule has 0 saturated heterocycles. The van der Waals surface area contributed by atoms with Gasteiger partial charge in [0.25, 0.3) is 0 Å². The molecule has 0 saturated carbocycles. The molecular formula is H8F4N2Ti. The molecule has 0 fully saturated rings. The molecule has 50 valence electrons. The van der Waals surface area contributed by atoms with Crippen molar-refractivity contribution in [3.8, 4) is 0 Å².